The Morgan fingerprint density at radius 3 is 2.23 bits per heavy atom. The Labute approximate surface area is 157 Å². The van der Waals surface area contributed by atoms with Crippen LogP contribution in [0, 0.1) is 0 Å². The summed E-state index contributed by atoms with van der Waals surface area (Å²) in [6.07, 6.45) is 0. The quantitative estimate of drug-likeness (QED) is 0.322. The number of hydrogen-bond donors (Lipinski definition) is 0. The lowest BCUT2D eigenvalue weighted by atomic mass is 9.71. The number of benzene rings is 1. The fourth-order valence-electron chi connectivity index (χ4n) is 2.85. The number of Topliss-reactive ketones (excluding diaryl/α,β-unsaturated/α-hetero) is 1. The Hall–Kier alpha value is -1.21. The average Bonchev–Trinajstić information content (AvgIpc) is 2.75. The van der Waals surface area contributed by atoms with Gasteiger partial charge in [-0.1, -0.05) is 18.2 Å². The topological polar surface area (TPSA) is 54.0 Å². The van der Waals surface area contributed by atoms with E-state index >= 15 is 0 Å². The normalized spacial score (nSPS) is 19.0. The van der Waals surface area contributed by atoms with E-state index in [9.17, 15) is 4.79 Å². The SMILES string of the molecule is CCOCOC(C)(C)c1ccc(C(C)=O)cc1B1OC(C)(C)C(C)(C)O1. The van der Waals surface area contributed by atoms with Crippen LogP contribution in [0.4, 0.5) is 0 Å². The summed E-state index contributed by atoms with van der Waals surface area (Å²) >= 11 is 0. The summed E-state index contributed by atoms with van der Waals surface area (Å²) in [5.74, 6) is 0.00218. The van der Waals surface area contributed by atoms with Gasteiger partial charge in [0.1, 0.15) is 6.79 Å². The van der Waals surface area contributed by atoms with Crippen molar-refractivity contribution in [1.82, 2.24) is 0 Å². The summed E-state index contributed by atoms with van der Waals surface area (Å²) < 4.78 is 23.7. The van der Waals surface area contributed by atoms with Gasteiger partial charge in [-0.25, -0.2) is 0 Å². The van der Waals surface area contributed by atoms with E-state index in [1.165, 1.54) is 0 Å². The second-order valence-electron chi connectivity index (χ2n) is 8.21. The van der Waals surface area contributed by atoms with E-state index in [0.717, 1.165) is 11.0 Å². The van der Waals surface area contributed by atoms with Gasteiger partial charge in [0.25, 0.3) is 0 Å². The van der Waals surface area contributed by atoms with Gasteiger partial charge in [-0.05, 0) is 66.4 Å². The van der Waals surface area contributed by atoms with Gasteiger partial charge >= 0.3 is 7.12 Å². The molecule has 6 heteroatoms. The molecule has 0 aromatic heterocycles. The lowest BCUT2D eigenvalue weighted by molar-refractivity contribution is -0.128. The molecule has 0 radical (unpaired) electrons. The van der Waals surface area contributed by atoms with E-state index in [-0.39, 0.29) is 12.6 Å². The van der Waals surface area contributed by atoms with Crippen molar-refractivity contribution < 1.29 is 23.6 Å². The van der Waals surface area contributed by atoms with Crippen LogP contribution in [0.3, 0.4) is 0 Å². The number of carbonyl (C=O) groups is 1. The maximum atomic E-state index is 11.9. The molecule has 26 heavy (non-hydrogen) atoms. The molecule has 1 saturated heterocycles. The summed E-state index contributed by atoms with van der Waals surface area (Å²) in [7, 11) is -0.565. The molecule has 0 atom stereocenters. The predicted molar refractivity (Wildman–Crippen MR) is 103 cm³/mol. The van der Waals surface area contributed by atoms with Gasteiger partial charge in [0.05, 0.1) is 16.8 Å². The molecule has 0 amide bonds. The zero-order valence-corrected chi connectivity index (χ0v) is 17.3. The van der Waals surface area contributed by atoms with Gasteiger partial charge in [0, 0.05) is 12.2 Å². The van der Waals surface area contributed by atoms with Gasteiger partial charge in [0.2, 0.25) is 0 Å². The number of ether oxygens (including phenoxy) is 2. The van der Waals surface area contributed by atoms with Crippen molar-refractivity contribution in [3.8, 4) is 0 Å². The molecule has 1 aliphatic heterocycles. The number of rotatable bonds is 7. The van der Waals surface area contributed by atoms with Crippen molar-refractivity contribution >= 4 is 18.4 Å². The van der Waals surface area contributed by atoms with Crippen LogP contribution in [0.15, 0.2) is 18.2 Å². The van der Waals surface area contributed by atoms with Crippen molar-refractivity contribution in [2.75, 3.05) is 13.4 Å². The summed E-state index contributed by atoms with van der Waals surface area (Å²) in [4.78, 5) is 11.9. The van der Waals surface area contributed by atoms with Crippen molar-refractivity contribution in [1.29, 1.82) is 0 Å². The van der Waals surface area contributed by atoms with E-state index < -0.39 is 23.9 Å². The standard InChI is InChI=1S/C20H31BO5/c1-9-23-13-24-18(3,4)16-11-10-15(14(2)22)12-17(16)21-25-19(5,6)20(7,8)26-21/h10-12H,9,13H2,1-8H3. The molecule has 0 aliphatic carbocycles. The summed E-state index contributed by atoms with van der Waals surface area (Å²) in [6, 6.07) is 5.59. The molecule has 0 bridgehead atoms. The van der Waals surface area contributed by atoms with Crippen molar-refractivity contribution in [3.05, 3.63) is 29.3 Å². The van der Waals surface area contributed by atoms with Crippen molar-refractivity contribution in [2.45, 2.75) is 72.2 Å². The number of hydrogen-bond acceptors (Lipinski definition) is 5. The molecule has 0 unspecified atom stereocenters. The minimum atomic E-state index is -0.622. The Kier molecular flexibility index (Phi) is 6.03. The minimum absolute atomic E-state index is 0.00218. The molecule has 144 valence electrons. The highest BCUT2D eigenvalue weighted by molar-refractivity contribution is 6.62. The van der Waals surface area contributed by atoms with Crippen LogP contribution < -0.4 is 5.46 Å². The van der Waals surface area contributed by atoms with Crippen LogP contribution in [0.2, 0.25) is 0 Å². The molecule has 1 aromatic carbocycles. The van der Waals surface area contributed by atoms with Crippen LogP contribution in [0.1, 0.15) is 71.3 Å². The smallest absolute Gasteiger partial charge is 0.399 e. The fraction of sp³-hybridized carbons (Fsp3) is 0.650. The van der Waals surface area contributed by atoms with Gasteiger partial charge in [0.15, 0.2) is 5.78 Å². The molecule has 2 rings (SSSR count). The largest absolute Gasteiger partial charge is 0.495 e. The van der Waals surface area contributed by atoms with Crippen LogP contribution in [-0.2, 0) is 24.4 Å². The molecular formula is C20H31BO5. The van der Waals surface area contributed by atoms with Crippen LogP contribution in [0.5, 0.6) is 0 Å². The third kappa shape index (κ3) is 4.20. The van der Waals surface area contributed by atoms with E-state index in [1.54, 1.807) is 6.92 Å². The average molecular weight is 362 g/mol. The van der Waals surface area contributed by atoms with Gasteiger partial charge < -0.3 is 18.8 Å². The van der Waals surface area contributed by atoms with Gasteiger partial charge in [-0.2, -0.15) is 0 Å². The highest BCUT2D eigenvalue weighted by Gasteiger charge is 2.52. The molecule has 5 nitrogen and oxygen atoms in total. The predicted octanol–water partition coefficient (Wildman–Crippen LogP) is 3.43. The molecule has 0 N–H and O–H groups in total. The van der Waals surface area contributed by atoms with Crippen LogP contribution in [0.25, 0.3) is 0 Å². The summed E-state index contributed by atoms with van der Waals surface area (Å²) in [5.41, 5.74) is 0.816. The summed E-state index contributed by atoms with van der Waals surface area (Å²) in [5, 5.41) is 0. The Morgan fingerprint density at radius 2 is 1.73 bits per heavy atom. The Balaban J connectivity index is 2.45. The molecule has 1 aromatic rings. The molecule has 1 aliphatic rings. The lowest BCUT2D eigenvalue weighted by Gasteiger charge is -2.32. The first-order valence-electron chi connectivity index (χ1n) is 9.14. The second kappa shape index (κ2) is 7.43. The maximum Gasteiger partial charge on any atom is 0.495 e. The van der Waals surface area contributed by atoms with E-state index in [2.05, 4.69) is 0 Å². The third-order valence-corrected chi connectivity index (χ3v) is 5.32. The third-order valence-electron chi connectivity index (χ3n) is 5.32. The highest BCUT2D eigenvalue weighted by Crippen LogP contribution is 2.37. The zero-order chi connectivity index (χ0) is 19.8. The fourth-order valence-corrected chi connectivity index (χ4v) is 2.85. The zero-order valence-electron chi connectivity index (χ0n) is 17.3. The molecule has 0 saturated carbocycles. The summed E-state index contributed by atoms with van der Waals surface area (Å²) in [6.45, 7) is 16.3. The minimum Gasteiger partial charge on any atom is -0.399 e. The molecular weight excluding hydrogens is 331 g/mol. The first kappa shape index (κ1) is 21.1. The lowest BCUT2D eigenvalue weighted by Crippen LogP contribution is -2.42. The molecule has 1 fully saturated rings. The van der Waals surface area contributed by atoms with Crippen LogP contribution in [-0.4, -0.2) is 37.5 Å². The number of ketones is 1. The molecule has 0 spiro atoms. The van der Waals surface area contributed by atoms with E-state index in [1.807, 2.05) is 66.7 Å². The highest BCUT2D eigenvalue weighted by atomic mass is 16.7. The first-order chi connectivity index (χ1) is 11.9. The van der Waals surface area contributed by atoms with E-state index in [0.29, 0.717) is 12.2 Å². The van der Waals surface area contributed by atoms with Gasteiger partial charge in [-0.3, -0.25) is 4.79 Å². The maximum absolute atomic E-state index is 11.9. The van der Waals surface area contributed by atoms with Crippen molar-refractivity contribution in [2.24, 2.45) is 0 Å². The Morgan fingerprint density at radius 1 is 1.15 bits per heavy atom. The van der Waals surface area contributed by atoms with Gasteiger partial charge in [-0.15, -0.1) is 0 Å². The number of carbonyl (C=O) groups excluding carboxylic acids is 1. The van der Waals surface area contributed by atoms with Crippen LogP contribution >= 0.6 is 0 Å². The first-order valence-corrected chi connectivity index (χ1v) is 9.14. The van der Waals surface area contributed by atoms with E-state index in [4.69, 9.17) is 18.8 Å². The second-order valence-corrected chi connectivity index (χ2v) is 8.21. The Bertz CT molecular complexity index is 650. The monoisotopic (exact) mass is 362 g/mol. The van der Waals surface area contributed by atoms with Crippen molar-refractivity contribution in [3.63, 3.8) is 0 Å². The molecule has 1 heterocycles.